The Balaban J connectivity index is 1.58. The Labute approximate surface area is 205 Å². The van der Waals surface area contributed by atoms with E-state index >= 15 is 0 Å². The summed E-state index contributed by atoms with van der Waals surface area (Å²) in [5.74, 6) is 0.895. The van der Waals surface area contributed by atoms with E-state index in [0.717, 1.165) is 28.2 Å². The van der Waals surface area contributed by atoms with Crippen LogP contribution < -0.4 is 9.47 Å². The van der Waals surface area contributed by atoms with Crippen molar-refractivity contribution in [3.05, 3.63) is 95.1 Å². The van der Waals surface area contributed by atoms with Crippen molar-refractivity contribution in [1.82, 2.24) is 9.91 Å². The number of hydrogen-bond donors (Lipinski definition) is 0. The molecule has 0 radical (unpaired) electrons. The fourth-order valence-electron chi connectivity index (χ4n) is 4.07. The molecular weight excluding hydrogens is 442 g/mol. The second kappa shape index (κ2) is 10.4. The van der Waals surface area contributed by atoms with Crippen LogP contribution in [-0.4, -0.2) is 55.2 Å². The lowest BCUT2D eigenvalue weighted by molar-refractivity contribution is -0.133. The van der Waals surface area contributed by atoms with Gasteiger partial charge in [0, 0.05) is 24.6 Å². The molecule has 0 saturated carbocycles. The molecule has 0 aliphatic carbocycles. The first-order valence-electron chi connectivity index (χ1n) is 11.4. The third kappa shape index (κ3) is 5.35. The van der Waals surface area contributed by atoms with Gasteiger partial charge in [0.2, 0.25) is 0 Å². The third-order valence-corrected chi connectivity index (χ3v) is 6.09. The first kappa shape index (κ1) is 24.0. The van der Waals surface area contributed by atoms with Crippen molar-refractivity contribution < 1.29 is 19.1 Å². The van der Waals surface area contributed by atoms with Crippen LogP contribution in [0.3, 0.4) is 0 Å². The Morgan fingerprint density at radius 3 is 2.31 bits per heavy atom. The van der Waals surface area contributed by atoms with E-state index < -0.39 is 0 Å². The molecule has 1 atom stereocenters. The van der Waals surface area contributed by atoms with Crippen LogP contribution in [0.15, 0.2) is 77.9 Å². The van der Waals surface area contributed by atoms with Crippen LogP contribution in [-0.2, 0) is 4.79 Å². The number of hydrazone groups is 1. The Kier molecular flexibility index (Phi) is 7.15. The molecule has 7 heteroatoms. The third-order valence-electron chi connectivity index (χ3n) is 6.09. The van der Waals surface area contributed by atoms with Gasteiger partial charge in [-0.2, -0.15) is 5.10 Å². The molecule has 1 aliphatic rings. The van der Waals surface area contributed by atoms with Crippen molar-refractivity contribution >= 4 is 17.5 Å². The van der Waals surface area contributed by atoms with Gasteiger partial charge in [-0.05, 0) is 48.9 Å². The molecule has 35 heavy (non-hydrogen) atoms. The number of hydrogen-bond acceptors (Lipinski definition) is 5. The zero-order chi connectivity index (χ0) is 24.9. The van der Waals surface area contributed by atoms with Crippen LogP contribution >= 0.6 is 0 Å². The standard InChI is InChI=1S/C28H29N3O4/c1-19-8-10-20(11-9-19)26-17-25(22-6-5-7-24(16-22)35-4)29-31(26)27(32)18-30(2)28(33)21-12-14-23(34-3)15-13-21/h5-16,26H,17-18H2,1-4H3/t26-/m1/s1. The molecule has 3 aromatic carbocycles. The molecule has 0 fully saturated rings. The van der Waals surface area contributed by atoms with Gasteiger partial charge in [-0.15, -0.1) is 0 Å². The van der Waals surface area contributed by atoms with E-state index in [2.05, 4.69) is 0 Å². The summed E-state index contributed by atoms with van der Waals surface area (Å²) in [7, 11) is 4.81. The van der Waals surface area contributed by atoms with Gasteiger partial charge in [-0.25, -0.2) is 5.01 Å². The average Bonchev–Trinajstić information content (AvgIpc) is 3.34. The molecule has 1 aliphatic heterocycles. The van der Waals surface area contributed by atoms with Gasteiger partial charge in [0.25, 0.3) is 11.8 Å². The molecule has 180 valence electrons. The van der Waals surface area contributed by atoms with Crippen molar-refractivity contribution in [2.45, 2.75) is 19.4 Å². The Morgan fingerprint density at radius 1 is 0.971 bits per heavy atom. The monoisotopic (exact) mass is 471 g/mol. The summed E-state index contributed by atoms with van der Waals surface area (Å²) in [5.41, 5.74) is 4.32. The van der Waals surface area contributed by atoms with E-state index in [-0.39, 0.29) is 24.4 Å². The minimum absolute atomic E-state index is 0.0951. The minimum Gasteiger partial charge on any atom is -0.497 e. The molecule has 0 spiro atoms. The van der Waals surface area contributed by atoms with E-state index in [0.29, 0.717) is 17.7 Å². The number of carbonyl (C=O) groups is 2. The zero-order valence-electron chi connectivity index (χ0n) is 20.4. The maximum absolute atomic E-state index is 13.4. The molecule has 0 N–H and O–H groups in total. The Bertz CT molecular complexity index is 1240. The molecule has 3 aromatic rings. The number of amides is 2. The summed E-state index contributed by atoms with van der Waals surface area (Å²) in [5, 5.41) is 6.22. The van der Waals surface area contributed by atoms with Crippen molar-refractivity contribution in [2.24, 2.45) is 5.10 Å². The summed E-state index contributed by atoms with van der Waals surface area (Å²) in [6.07, 6.45) is 0.568. The van der Waals surface area contributed by atoms with Gasteiger partial charge in [0.1, 0.15) is 18.0 Å². The number of likely N-dealkylation sites (N-methyl/N-ethyl adjacent to an activating group) is 1. The summed E-state index contributed by atoms with van der Waals surface area (Å²) >= 11 is 0. The van der Waals surface area contributed by atoms with E-state index in [9.17, 15) is 9.59 Å². The number of rotatable bonds is 7. The molecule has 0 bridgehead atoms. The van der Waals surface area contributed by atoms with E-state index in [1.54, 1.807) is 45.5 Å². The van der Waals surface area contributed by atoms with Crippen molar-refractivity contribution in [2.75, 3.05) is 27.8 Å². The van der Waals surface area contributed by atoms with Gasteiger partial charge >= 0.3 is 0 Å². The second-order valence-corrected chi connectivity index (χ2v) is 8.54. The molecule has 7 nitrogen and oxygen atoms in total. The highest BCUT2D eigenvalue weighted by Crippen LogP contribution is 2.33. The van der Waals surface area contributed by atoms with Gasteiger partial charge in [0.15, 0.2) is 0 Å². The lowest BCUT2D eigenvalue weighted by Gasteiger charge is -2.25. The lowest BCUT2D eigenvalue weighted by atomic mass is 9.97. The van der Waals surface area contributed by atoms with Crippen LogP contribution in [0.1, 0.15) is 39.5 Å². The fraction of sp³-hybridized carbons (Fsp3) is 0.250. The second-order valence-electron chi connectivity index (χ2n) is 8.54. The first-order chi connectivity index (χ1) is 16.9. The highest BCUT2D eigenvalue weighted by Gasteiger charge is 2.34. The SMILES string of the molecule is COc1ccc(C(=O)N(C)CC(=O)N2N=C(c3cccc(OC)c3)C[C@@H]2c2ccc(C)cc2)cc1. The highest BCUT2D eigenvalue weighted by molar-refractivity contribution is 6.04. The van der Waals surface area contributed by atoms with Gasteiger partial charge in [-0.1, -0.05) is 42.0 Å². The van der Waals surface area contributed by atoms with Crippen molar-refractivity contribution in [3.63, 3.8) is 0 Å². The van der Waals surface area contributed by atoms with Crippen molar-refractivity contribution in [3.8, 4) is 11.5 Å². The number of methoxy groups -OCH3 is 2. The first-order valence-corrected chi connectivity index (χ1v) is 11.4. The maximum Gasteiger partial charge on any atom is 0.262 e. The van der Waals surface area contributed by atoms with Gasteiger partial charge in [-0.3, -0.25) is 9.59 Å². The van der Waals surface area contributed by atoms with Crippen LogP contribution in [0, 0.1) is 6.92 Å². The predicted molar refractivity (Wildman–Crippen MR) is 135 cm³/mol. The van der Waals surface area contributed by atoms with E-state index in [1.807, 2.05) is 55.5 Å². The summed E-state index contributed by atoms with van der Waals surface area (Å²) in [6, 6.07) is 22.3. The predicted octanol–water partition coefficient (Wildman–Crippen LogP) is 4.46. The summed E-state index contributed by atoms with van der Waals surface area (Å²) in [6.45, 7) is 1.93. The molecule has 0 aromatic heterocycles. The summed E-state index contributed by atoms with van der Waals surface area (Å²) in [4.78, 5) is 27.7. The van der Waals surface area contributed by atoms with Crippen LogP contribution in [0.2, 0.25) is 0 Å². The minimum atomic E-state index is -0.256. The largest absolute Gasteiger partial charge is 0.497 e. The van der Waals surface area contributed by atoms with Gasteiger partial charge in [0.05, 0.1) is 26.0 Å². The topological polar surface area (TPSA) is 71.4 Å². The smallest absolute Gasteiger partial charge is 0.262 e. The van der Waals surface area contributed by atoms with Crippen molar-refractivity contribution in [1.29, 1.82) is 0 Å². The number of nitrogens with zero attached hydrogens (tertiary/aromatic N) is 3. The zero-order valence-corrected chi connectivity index (χ0v) is 20.4. The van der Waals surface area contributed by atoms with E-state index in [1.165, 1.54) is 9.91 Å². The molecule has 2 amide bonds. The molecular formula is C28H29N3O4. The molecule has 1 heterocycles. The normalized spacial score (nSPS) is 14.9. The quantitative estimate of drug-likeness (QED) is 0.510. The lowest BCUT2D eigenvalue weighted by Crippen LogP contribution is -2.39. The summed E-state index contributed by atoms with van der Waals surface area (Å²) < 4.78 is 10.5. The van der Waals surface area contributed by atoms with E-state index in [4.69, 9.17) is 14.6 Å². The van der Waals surface area contributed by atoms with Crippen LogP contribution in [0.5, 0.6) is 11.5 Å². The Hall–Kier alpha value is -4.13. The fourth-order valence-corrected chi connectivity index (χ4v) is 4.07. The number of benzene rings is 3. The highest BCUT2D eigenvalue weighted by atomic mass is 16.5. The number of aryl methyl sites for hydroxylation is 1. The number of carbonyl (C=O) groups excluding carboxylic acids is 2. The van der Waals surface area contributed by atoms with Gasteiger partial charge < -0.3 is 14.4 Å². The maximum atomic E-state index is 13.4. The Morgan fingerprint density at radius 2 is 1.66 bits per heavy atom. The average molecular weight is 472 g/mol. The molecule has 0 unspecified atom stereocenters. The molecule has 4 rings (SSSR count). The number of ether oxygens (including phenoxy) is 2. The van der Waals surface area contributed by atoms with Crippen LogP contribution in [0.25, 0.3) is 0 Å². The van der Waals surface area contributed by atoms with Crippen LogP contribution in [0.4, 0.5) is 0 Å². The molecule has 0 saturated heterocycles.